The van der Waals surface area contributed by atoms with Gasteiger partial charge in [0.25, 0.3) is 0 Å². The lowest BCUT2D eigenvalue weighted by atomic mass is 10.0. The molecule has 1 atom stereocenters. The molecule has 0 saturated heterocycles. The number of fused-ring (bicyclic) bond motifs is 5. The van der Waals surface area contributed by atoms with Gasteiger partial charge >= 0.3 is 5.63 Å². The summed E-state index contributed by atoms with van der Waals surface area (Å²) in [6.07, 6.45) is 0.592. The van der Waals surface area contributed by atoms with Crippen LogP contribution in [-0.2, 0) is 6.42 Å². The van der Waals surface area contributed by atoms with Crippen LogP contribution in [0.3, 0.4) is 0 Å². The predicted octanol–water partition coefficient (Wildman–Crippen LogP) is 4.80. The molecule has 128 valence electrons. The van der Waals surface area contributed by atoms with Crippen LogP contribution in [0.15, 0.2) is 44.0 Å². The summed E-state index contributed by atoms with van der Waals surface area (Å²) in [5.41, 5.74) is 1.22. The third-order valence-corrected chi connectivity index (χ3v) is 6.41. The molecule has 4 aromatic rings. The van der Waals surface area contributed by atoms with Gasteiger partial charge in [-0.2, -0.15) is 0 Å². The van der Waals surface area contributed by atoms with Crippen LogP contribution in [0, 0.1) is 0 Å². The van der Waals surface area contributed by atoms with E-state index in [1.807, 2.05) is 0 Å². The van der Waals surface area contributed by atoms with Crippen LogP contribution in [0.25, 0.3) is 32.9 Å². The molecule has 0 amide bonds. The third-order valence-electron chi connectivity index (χ3n) is 4.11. The molecular formula is C18H12Br2O5. The number of furan rings is 1. The number of phenolic OH excluding ortho intramolecular Hbond substituents is 2. The molecule has 0 bridgehead atoms. The van der Waals surface area contributed by atoms with Gasteiger partial charge in [-0.3, -0.25) is 0 Å². The number of rotatable bonds is 3. The van der Waals surface area contributed by atoms with Crippen molar-refractivity contribution in [3.8, 4) is 11.5 Å². The average molecular weight is 468 g/mol. The van der Waals surface area contributed by atoms with Gasteiger partial charge < -0.3 is 19.0 Å². The molecule has 2 aromatic carbocycles. The molecule has 2 heterocycles. The van der Waals surface area contributed by atoms with Crippen LogP contribution in [0.4, 0.5) is 0 Å². The zero-order valence-electron chi connectivity index (χ0n) is 12.8. The highest BCUT2D eigenvalue weighted by molar-refractivity contribution is 9.12. The molecule has 1 unspecified atom stereocenters. The Hall–Kier alpha value is -1.99. The topological polar surface area (TPSA) is 83.8 Å². The highest BCUT2D eigenvalue weighted by Crippen LogP contribution is 2.36. The second kappa shape index (κ2) is 6.07. The minimum atomic E-state index is -0.544. The number of benzene rings is 2. The fourth-order valence-corrected chi connectivity index (χ4v) is 3.54. The molecule has 0 aliphatic rings. The Morgan fingerprint density at radius 1 is 1.04 bits per heavy atom. The Morgan fingerprint density at radius 2 is 1.80 bits per heavy atom. The summed E-state index contributed by atoms with van der Waals surface area (Å²) < 4.78 is 11.2. The van der Waals surface area contributed by atoms with E-state index in [1.54, 1.807) is 12.1 Å². The van der Waals surface area contributed by atoms with E-state index in [1.165, 1.54) is 18.2 Å². The van der Waals surface area contributed by atoms with E-state index in [2.05, 4.69) is 31.9 Å². The molecule has 2 N–H and O–H groups in total. The molecule has 4 rings (SSSR count). The molecule has 7 heteroatoms. The maximum Gasteiger partial charge on any atom is 0.348 e. The number of phenols is 2. The summed E-state index contributed by atoms with van der Waals surface area (Å²) >= 11 is 6.92. The van der Waals surface area contributed by atoms with E-state index in [4.69, 9.17) is 8.83 Å². The first kappa shape index (κ1) is 16.5. The van der Waals surface area contributed by atoms with Crippen molar-refractivity contribution in [1.29, 1.82) is 0 Å². The minimum Gasteiger partial charge on any atom is -0.508 e. The normalized spacial score (nSPS) is 13.0. The first-order valence-corrected chi connectivity index (χ1v) is 9.55. The first-order chi connectivity index (χ1) is 12.0. The Balaban J connectivity index is 2.08. The largest absolute Gasteiger partial charge is 0.508 e. The number of aromatic hydroxyl groups is 2. The summed E-state index contributed by atoms with van der Waals surface area (Å²) in [4.78, 5) is 12.5. The van der Waals surface area contributed by atoms with Gasteiger partial charge in [-0.05, 0) is 30.2 Å². The summed E-state index contributed by atoms with van der Waals surface area (Å²) in [5, 5.41) is 22.1. The van der Waals surface area contributed by atoms with Crippen molar-refractivity contribution >= 4 is 64.8 Å². The van der Waals surface area contributed by atoms with Crippen molar-refractivity contribution in [3.63, 3.8) is 0 Å². The predicted molar refractivity (Wildman–Crippen MR) is 103 cm³/mol. The number of halogens is 2. The maximum absolute atomic E-state index is 12.4. The zero-order chi connectivity index (χ0) is 17.7. The van der Waals surface area contributed by atoms with E-state index >= 15 is 0 Å². The zero-order valence-corrected chi connectivity index (χ0v) is 15.9. The highest BCUT2D eigenvalue weighted by Gasteiger charge is 2.19. The second-order valence-corrected chi connectivity index (χ2v) is 7.75. The van der Waals surface area contributed by atoms with Gasteiger partial charge in [-0.15, -0.1) is 0 Å². The van der Waals surface area contributed by atoms with E-state index in [0.29, 0.717) is 39.3 Å². The van der Waals surface area contributed by atoms with Gasteiger partial charge in [0.15, 0.2) is 5.58 Å². The van der Waals surface area contributed by atoms with E-state index in [9.17, 15) is 15.0 Å². The fraction of sp³-hybridized carbons (Fsp3) is 0.167. The Kier molecular flexibility index (Phi) is 4.00. The van der Waals surface area contributed by atoms with E-state index < -0.39 is 5.63 Å². The Morgan fingerprint density at radius 3 is 2.56 bits per heavy atom. The molecule has 0 aliphatic carbocycles. The SMILES string of the molecule is O=c1oc2cc(O)c(CC(Br)CBr)cc2c2oc3cc(O)ccc3c12. The third kappa shape index (κ3) is 2.71. The van der Waals surface area contributed by atoms with Crippen molar-refractivity contribution in [1.82, 2.24) is 0 Å². The summed E-state index contributed by atoms with van der Waals surface area (Å²) in [7, 11) is 0. The standard InChI is InChI=1S/C18H12Br2O5/c19-7-9(20)3-8-4-12-15(6-13(8)22)25-18(23)16-11-2-1-10(21)5-14(11)24-17(12)16/h1-2,4-6,9,21-22H,3,7H2. The van der Waals surface area contributed by atoms with Gasteiger partial charge in [0.05, 0.1) is 5.39 Å². The van der Waals surface area contributed by atoms with Crippen LogP contribution in [-0.4, -0.2) is 20.4 Å². The van der Waals surface area contributed by atoms with Gasteiger partial charge in [0.2, 0.25) is 0 Å². The van der Waals surface area contributed by atoms with Gasteiger partial charge in [0, 0.05) is 27.7 Å². The fourth-order valence-electron chi connectivity index (χ4n) is 2.96. The summed E-state index contributed by atoms with van der Waals surface area (Å²) in [6, 6.07) is 7.79. The molecule has 5 nitrogen and oxygen atoms in total. The quantitative estimate of drug-likeness (QED) is 0.334. The van der Waals surface area contributed by atoms with Crippen LogP contribution in [0.2, 0.25) is 0 Å². The molecular weight excluding hydrogens is 456 g/mol. The monoisotopic (exact) mass is 466 g/mol. The number of hydrogen-bond acceptors (Lipinski definition) is 5. The van der Waals surface area contributed by atoms with Crippen LogP contribution in [0.5, 0.6) is 11.5 Å². The van der Waals surface area contributed by atoms with Crippen LogP contribution in [0.1, 0.15) is 5.56 Å². The lowest BCUT2D eigenvalue weighted by Gasteiger charge is -2.09. The second-order valence-electron chi connectivity index (χ2n) is 5.81. The minimum absolute atomic E-state index is 0.0537. The van der Waals surface area contributed by atoms with Crippen molar-refractivity contribution in [2.75, 3.05) is 5.33 Å². The maximum atomic E-state index is 12.4. The lowest BCUT2D eigenvalue weighted by molar-refractivity contribution is 0.466. The molecule has 2 aromatic heterocycles. The average Bonchev–Trinajstić information content (AvgIpc) is 2.95. The molecule has 0 spiro atoms. The smallest absolute Gasteiger partial charge is 0.348 e. The van der Waals surface area contributed by atoms with Crippen molar-refractivity contribution in [2.24, 2.45) is 0 Å². The van der Waals surface area contributed by atoms with E-state index in [0.717, 1.165) is 5.33 Å². The van der Waals surface area contributed by atoms with Crippen LogP contribution >= 0.6 is 31.9 Å². The van der Waals surface area contributed by atoms with Crippen molar-refractivity contribution in [3.05, 3.63) is 46.3 Å². The van der Waals surface area contributed by atoms with Gasteiger partial charge in [0.1, 0.15) is 28.1 Å². The molecule has 0 fully saturated rings. The van der Waals surface area contributed by atoms with E-state index in [-0.39, 0.29) is 21.9 Å². The summed E-state index contributed by atoms with van der Waals surface area (Å²) in [6.45, 7) is 0. The van der Waals surface area contributed by atoms with Crippen molar-refractivity contribution in [2.45, 2.75) is 11.2 Å². The first-order valence-electron chi connectivity index (χ1n) is 7.52. The molecule has 0 aliphatic heterocycles. The lowest BCUT2D eigenvalue weighted by Crippen LogP contribution is -2.04. The van der Waals surface area contributed by atoms with Gasteiger partial charge in [-0.25, -0.2) is 4.79 Å². The van der Waals surface area contributed by atoms with Gasteiger partial charge in [-0.1, -0.05) is 31.9 Å². The molecule has 0 saturated carbocycles. The Bertz CT molecular complexity index is 1180. The number of hydrogen-bond donors (Lipinski definition) is 2. The van der Waals surface area contributed by atoms with Crippen LogP contribution < -0.4 is 5.63 Å². The Labute approximate surface area is 158 Å². The number of alkyl halides is 2. The van der Waals surface area contributed by atoms with Crippen molar-refractivity contribution < 1.29 is 19.0 Å². The molecule has 0 radical (unpaired) electrons. The highest BCUT2D eigenvalue weighted by atomic mass is 79.9. The molecule has 25 heavy (non-hydrogen) atoms. The summed E-state index contributed by atoms with van der Waals surface area (Å²) in [5.74, 6) is 0.118.